The molecule has 0 aromatic carbocycles. The fourth-order valence-electron chi connectivity index (χ4n) is 8.46. The van der Waals surface area contributed by atoms with Gasteiger partial charge in [0.15, 0.2) is 6.10 Å². The molecule has 0 N–H and O–H groups in total. The van der Waals surface area contributed by atoms with Crippen LogP contribution in [0.2, 0.25) is 0 Å². The quantitative estimate of drug-likeness (QED) is 0.0261. The third-order valence-electron chi connectivity index (χ3n) is 13.0. The molecule has 0 aliphatic rings. The molecule has 0 aliphatic carbocycles. The highest BCUT2D eigenvalue weighted by Crippen LogP contribution is 2.16. The Morgan fingerprint density at radius 2 is 0.527 bits per heavy atom. The molecule has 0 saturated carbocycles. The van der Waals surface area contributed by atoms with Crippen LogP contribution in [0.5, 0.6) is 0 Å². The van der Waals surface area contributed by atoms with Crippen LogP contribution in [-0.4, -0.2) is 37.2 Å². The van der Waals surface area contributed by atoms with E-state index >= 15 is 0 Å². The van der Waals surface area contributed by atoms with Crippen LogP contribution in [0.1, 0.15) is 284 Å². The van der Waals surface area contributed by atoms with Crippen LogP contribution in [0.25, 0.3) is 0 Å². The number of hydrogen-bond donors (Lipinski definition) is 0. The van der Waals surface area contributed by atoms with Crippen molar-refractivity contribution in [2.45, 2.75) is 290 Å². The number of allylic oxidation sites excluding steroid dienone is 18. The maximum absolute atomic E-state index is 12.9. The minimum absolute atomic E-state index is 0.0937. The number of unbranched alkanes of at least 4 members (excludes halogenated alkanes) is 26. The molecular weight excluding hydrogens is 913 g/mol. The Kier molecular flexibility index (Phi) is 58.3. The first kappa shape index (κ1) is 70.1. The zero-order valence-corrected chi connectivity index (χ0v) is 48.3. The maximum atomic E-state index is 12.9. The topological polar surface area (TPSA) is 78.9 Å². The lowest BCUT2D eigenvalue weighted by molar-refractivity contribution is -0.167. The first-order valence-electron chi connectivity index (χ1n) is 30.9. The van der Waals surface area contributed by atoms with E-state index in [1.165, 1.54) is 128 Å². The SMILES string of the molecule is CC/C=C\C/C=C\C/C=C\C/C=C\C/C=C\CCCCCCCCCCCCCC(=O)OCC(COC(=O)CCCCCCCCCCCCCCCC)OC(=O)CCCC/C=C\C/C=C\C/C=C\C/C=C\CC. The molecule has 422 valence electrons. The van der Waals surface area contributed by atoms with Crippen LogP contribution >= 0.6 is 0 Å². The van der Waals surface area contributed by atoms with Crippen LogP contribution < -0.4 is 0 Å². The fourth-order valence-corrected chi connectivity index (χ4v) is 8.46. The Labute approximate surface area is 457 Å². The Bertz CT molecular complexity index is 1510. The number of ether oxygens (including phenoxy) is 3. The molecular formula is C68H114O6. The molecule has 6 nitrogen and oxygen atoms in total. The molecule has 0 heterocycles. The summed E-state index contributed by atoms with van der Waals surface area (Å²) in [4.78, 5) is 38.2. The Morgan fingerprint density at radius 3 is 0.851 bits per heavy atom. The average Bonchev–Trinajstić information content (AvgIpc) is 3.40. The van der Waals surface area contributed by atoms with E-state index in [1.54, 1.807) is 0 Å². The number of carbonyl (C=O) groups excluding carboxylic acids is 3. The lowest BCUT2D eigenvalue weighted by atomic mass is 10.0. The van der Waals surface area contributed by atoms with Gasteiger partial charge in [-0.25, -0.2) is 0 Å². The molecule has 0 rings (SSSR count). The smallest absolute Gasteiger partial charge is 0.306 e. The summed E-state index contributed by atoms with van der Waals surface area (Å²) in [5.74, 6) is -0.933. The molecule has 74 heavy (non-hydrogen) atoms. The van der Waals surface area contributed by atoms with E-state index < -0.39 is 6.10 Å². The van der Waals surface area contributed by atoms with Gasteiger partial charge in [0.25, 0.3) is 0 Å². The van der Waals surface area contributed by atoms with Crippen LogP contribution in [0.4, 0.5) is 0 Å². The summed E-state index contributed by atoms with van der Waals surface area (Å²) in [6.45, 7) is 6.39. The van der Waals surface area contributed by atoms with E-state index in [2.05, 4.69) is 130 Å². The molecule has 0 aromatic heterocycles. The second kappa shape index (κ2) is 61.6. The fraction of sp³-hybridized carbons (Fsp3) is 0.691. The highest BCUT2D eigenvalue weighted by Gasteiger charge is 2.19. The minimum atomic E-state index is -0.801. The molecule has 0 amide bonds. The summed E-state index contributed by atoms with van der Waals surface area (Å²) in [6.07, 6.45) is 83.8. The van der Waals surface area contributed by atoms with Crippen molar-refractivity contribution in [2.75, 3.05) is 13.2 Å². The molecule has 0 fully saturated rings. The van der Waals surface area contributed by atoms with E-state index in [-0.39, 0.29) is 37.5 Å². The van der Waals surface area contributed by atoms with Gasteiger partial charge >= 0.3 is 17.9 Å². The average molecular weight is 1030 g/mol. The molecule has 0 aliphatic heterocycles. The standard InChI is InChI=1S/C68H114O6/c1-4-7-10-13-16-19-22-25-28-29-30-31-32-33-34-35-36-37-38-39-41-43-46-49-52-55-58-61-67(70)73-64-65(63-72-66(69)60-57-54-51-48-45-42-27-24-21-18-15-12-9-6-3)74-68(71)62-59-56-53-50-47-44-40-26-23-20-17-14-11-8-5-2/h7-8,10-11,16-17,19-20,25-26,28,30-31,33-34,40,47,50,65H,4-6,9,12-15,18,21-24,27,29,32,35-39,41-46,48-49,51-64H2,1-3H3/b10-7-,11-8-,19-16-,20-17-,28-25-,31-30-,34-33-,40-26-,50-47-. The van der Waals surface area contributed by atoms with E-state index in [0.29, 0.717) is 19.3 Å². The number of hydrogen-bond acceptors (Lipinski definition) is 6. The van der Waals surface area contributed by atoms with Crippen molar-refractivity contribution in [2.24, 2.45) is 0 Å². The highest BCUT2D eigenvalue weighted by atomic mass is 16.6. The van der Waals surface area contributed by atoms with Gasteiger partial charge in [-0.3, -0.25) is 14.4 Å². The Hall–Kier alpha value is -3.93. The molecule has 0 bridgehead atoms. The largest absolute Gasteiger partial charge is 0.462 e. The summed E-state index contributed by atoms with van der Waals surface area (Å²) in [5.41, 5.74) is 0. The van der Waals surface area contributed by atoms with Crippen molar-refractivity contribution in [3.05, 3.63) is 109 Å². The summed E-state index contributed by atoms with van der Waals surface area (Å²) in [7, 11) is 0. The summed E-state index contributed by atoms with van der Waals surface area (Å²) in [5, 5.41) is 0. The van der Waals surface area contributed by atoms with Gasteiger partial charge < -0.3 is 14.2 Å². The highest BCUT2D eigenvalue weighted by molar-refractivity contribution is 5.71. The number of rotatable bonds is 55. The molecule has 6 heteroatoms. The van der Waals surface area contributed by atoms with Gasteiger partial charge in [0, 0.05) is 19.3 Å². The van der Waals surface area contributed by atoms with Gasteiger partial charge in [-0.2, -0.15) is 0 Å². The van der Waals surface area contributed by atoms with Crippen LogP contribution in [0.15, 0.2) is 109 Å². The van der Waals surface area contributed by atoms with Gasteiger partial charge in [0.1, 0.15) is 13.2 Å². The third-order valence-corrected chi connectivity index (χ3v) is 13.0. The molecule has 1 unspecified atom stereocenters. The van der Waals surface area contributed by atoms with Crippen molar-refractivity contribution in [1.29, 1.82) is 0 Å². The summed E-state index contributed by atoms with van der Waals surface area (Å²) in [6, 6.07) is 0. The van der Waals surface area contributed by atoms with Crippen molar-refractivity contribution < 1.29 is 28.6 Å². The normalized spacial score (nSPS) is 12.9. The molecule has 0 aromatic rings. The van der Waals surface area contributed by atoms with Crippen molar-refractivity contribution in [3.8, 4) is 0 Å². The van der Waals surface area contributed by atoms with Crippen molar-refractivity contribution >= 4 is 17.9 Å². The lowest BCUT2D eigenvalue weighted by Crippen LogP contribution is -2.30. The molecule has 0 radical (unpaired) electrons. The van der Waals surface area contributed by atoms with Crippen LogP contribution in [-0.2, 0) is 28.6 Å². The van der Waals surface area contributed by atoms with Crippen LogP contribution in [0, 0.1) is 0 Å². The Morgan fingerprint density at radius 1 is 0.284 bits per heavy atom. The number of carbonyl (C=O) groups is 3. The zero-order chi connectivity index (χ0) is 53.6. The first-order chi connectivity index (χ1) is 36.5. The summed E-state index contributed by atoms with van der Waals surface area (Å²) < 4.78 is 16.9. The maximum Gasteiger partial charge on any atom is 0.306 e. The third kappa shape index (κ3) is 59.0. The monoisotopic (exact) mass is 1030 g/mol. The first-order valence-corrected chi connectivity index (χ1v) is 30.9. The molecule has 1 atom stereocenters. The van der Waals surface area contributed by atoms with Crippen molar-refractivity contribution in [1.82, 2.24) is 0 Å². The van der Waals surface area contributed by atoms with Gasteiger partial charge in [-0.15, -0.1) is 0 Å². The molecule has 0 spiro atoms. The Balaban J connectivity index is 4.33. The van der Waals surface area contributed by atoms with E-state index in [0.717, 1.165) is 109 Å². The van der Waals surface area contributed by atoms with E-state index in [1.807, 2.05) is 0 Å². The van der Waals surface area contributed by atoms with Gasteiger partial charge in [-0.1, -0.05) is 271 Å². The second-order valence-corrected chi connectivity index (χ2v) is 20.2. The lowest BCUT2D eigenvalue weighted by Gasteiger charge is -2.18. The van der Waals surface area contributed by atoms with Crippen LogP contribution in [0.3, 0.4) is 0 Å². The van der Waals surface area contributed by atoms with Crippen molar-refractivity contribution in [3.63, 3.8) is 0 Å². The zero-order valence-electron chi connectivity index (χ0n) is 48.3. The van der Waals surface area contributed by atoms with Gasteiger partial charge in [-0.05, 0) is 103 Å². The summed E-state index contributed by atoms with van der Waals surface area (Å²) >= 11 is 0. The minimum Gasteiger partial charge on any atom is -0.462 e. The predicted octanol–water partition coefficient (Wildman–Crippen LogP) is 21.0. The molecule has 0 saturated heterocycles. The van der Waals surface area contributed by atoms with Gasteiger partial charge in [0.2, 0.25) is 0 Å². The van der Waals surface area contributed by atoms with E-state index in [4.69, 9.17) is 14.2 Å². The predicted molar refractivity (Wildman–Crippen MR) is 320 cm³/mol. The van der Waals surface area contributed by atoms with Gasteiger partial charge in [0.05, 0.1) is 0 Å². The van der Waals surface area contributed by atoms with E-state index in [9.17, 15) is 14.4 Å². The number of esters is 3. The second-order valence-electron chi connectivity index (χ2n) is 20.2.